The van der Waals surface area contributed by atoms with Crippen LogP contribution in [0.25, 0.3) is 0 Å². The summed E-state index contributed by atoms with van der Waals surface area (Å²) in [5.41, 5.74) is 2.99. The summed E-state index contributed by atoms with van der Waals surface area (Å²) in [5, 5.41) is 20.9. The molecule has 0 atom stereocenters. The number of nitro groups is 1. The number of carbonyl (C=O) groups excluding carboxylic acids is 1. The summed E-state index contributed by atoms with van der Waals surface area (Å²) in [5.74, 6) is -0.409. The highest BCUT2D eigenvalue weighted by Gasteiger charge is 2.19. The molecule has 10 heteroatoms. The minimum Gasteiger partial charge on any atom is -0.327 e. The Kier molecular flexibility index (Phi) is 6.58. The maximum atomic E-state index is 12.5. The number of halogens is 1. The minimum absolute atomic E-state index is 0.0134. The van der Waals surface area contributed by atoms with Gasteiger partial charge in [-0.2, -0.15) is 5.10 Å². The highest BCUT2D eigenvalue weighted by atomic mass is 79.9. The summed E-state index contributed by atoms with van der Waals surface area (Å²) in [6.07, 6.45) is 3.56. The van der Waals surface area contributed by atoms with Crippen molar-refractivity contribution >= 4 is 50.5 Å². The first-order valence-electron chi connectivity index (χ1n) is 8.88. The zero-order chi connectivity index (χ0) is 21.8. The average Bonchev–Trinajstić information content (AvgIpc) is 3.08. The van der Waals surface area contributed by atoms with Crippen LogP contribution in [0.3, 0.4) is 0 Å². The summed E-state index contributed by atoms with van der Waals surface area (Å²) >= 11 is 8.54. The fraction of sp³-hybridized carbons (Fsp3) is 0.150. The largest absolute Gasteiger partial charge is 0.327 e. The molecule has 0 aliphatic rings. The molecule has 3 aromatic rings. The molecule has 0 saturated carbocycles. The zero-order valence-corrected chi connectivity index (χ0v) is 18.6. The van der Waals surface area contributed by atoms with Crippen LogP contribution in [0, 0.1) is 24.0 Å². The Labute approximate surface area is 186 Å². The van der Waals surface area contributed by atoms with Gasteiger partial charge in [0.15, 0.2) is 5.11 Å². The quantitative estimate of drug-likeness (QED) is 0.315. The van der Waals surface area contributed by atoms with Crippen LogP contribution in [0.15, 0.2) is 53.3 Å². The Morgan fingerprint density at radius 1 is 1.27 bits per heavy atom. The summed E-state index contributed by atoms with van der Waals surface area (Å²) in [6, 6.07) is 10.3. The van der Waals surface area contributed by atoms with Gasteiger partial charge in [-0.1, -0.05) is 18.2 Å². The van der Waals surface area contributed by atoms with Crippen molar-refractivity contribution in [3.8, 4) is 0 Å². The lowest BCUT2D eigenvalue weighted by Gasteiger charge is -2.13. The van der Waals surface area contributed by atoms with E-state index >= 15 is 0 Å². The number of nitro benzene ring substituents is 1. The van der Waals surface area contributed by atoms with Crippen molar-refractivity contribution in [1.29, 1.82) is 0 Å². The third-order valence-corrected chi connectivity index (χ3v) is 4.90. The van der Waals surface area contributed by atoms with E-state index in [4.69, 9.17) is 12.2 Å². The molecule has 0 aliphatic carbocycles. The minimum atomic E-state index is -0.483. The smallest absolute Gasteiger partial charge is 0.293 e. The lowest BCUT2D eigenvalue weighted by Crippen LogP contribution is -2.34. The monoisotopic (exact) mass is 487 g/mol. The molecule has 2 aromatic carbocycles. The van der Waals surface area contributed by atoms with E-state index in [0.29, 0.717) is 17.7 Å². The first-order valence-corrected chi connectivity index (χ1v) is 10.1. The number of nitrogens with zero attached hydrogens (tertiary/aromatic N) is 3. The molecule has 0 saturated heterocycles. The number of carbonyl (C=O) groups is 1. The lowest BCUT2D eigenvalue weighted by atomic mass is 10.1. The first-order chi connectivity index (χ1) is 14.2. The number of rotatable bonds is 5. The second-order valence-corrected chi connectivity index (χ2v) is 8.02. The second kappa shape index (κ2) is 9.14. The Morgan fingerprint density at radius 3 is 2.57 bits per heavy atom. The molecule has 0 spiro atoms. The van der Waals surface area contributed by atoms with Crippen molar-refractivity contribution in [2.75, 3.05) is 5.32 Å². The highest BCUT2D eigenvalue weighted by molar-refractivity contribution is 9.10. The summed E-state index contributed by atoms with van der Waals surface area (Å²) in [6.45, 7) is 4.09. The number of nitrogens with one attached hydrogen (secondary N) is 2. The SMILES string of the molecule is Cc1cc(C)c(NC(=S)NC(=O)c2ccc(Cn3cc(Br)cn3)cc2)c([N+](=O)[O-])c1. The molecule has 0 aliphatic heterocycles. The van der Waals surface area contributed by atoms with Crippen LogP contribution in [-0.4, -0.2) is 25.7 Å². The topological polar surface area (TPSA) is 102 Å². The molecule has 8 nitrogen and oxygen atoms in total. The lowest BCUT2D eigenvalue weighted by molar-refractivity contribution is -0.384. The van der Waals surface area contributed by atoms with Crippen LogP contribution in [0.4, 0.5) is 11.4 Å². The molecule has 154 valence electrons. The van der Waals surface area contributed by atoms with E-state index in [0.717, 1.165) is 15.6 Å². The Bertz CT molecular complexity index is 1130. The van der Waals surface area contributed by atoms with Crippen LogP contribution in [0.2, 0.25) is 0 Å². The van der Waals surface area contributed by atoms with Crippen molar-refractivity contribution in [1.82, 2.24) is 15.1 Å². The summed E-state index contributed by atoms with van der Waals surface area (Å²) < 4.78 is 2.67. The molecule has 1 heterocycles. The van der Waals surface area contributed by atoms with Crippen LogP contribution in [0.5, 0.6) is 0 Å². The number of amides is 1. The molecule has 30 heavy (non-hydrogen) atoms. The van der Waals surface area contributed by atoms with Gasteiger partial charge in [0.25, 0.3) is 11.6 Å². The van der Waals surface area contributed by atoms with E-state index in [2.05, 4.69) is 31.7 Å². The number of aromatic nitrogens is 2. The first kappa shape index (κ1) is 21.6. The van der Waals surface area contributed by atoms with Gasteiger partial charge < -0.3 is 5.32 Å². The average molecular weight is 488 g/mol. The molecule has 1 aromatic heterocycles. The summed E-state index contributed by atoms with van der Waals surface area (Å²) in [4.78, 5) is 23.3. The van der Waals surface area contributed by atoms with Gasteiger partial charge in [-0.3, -0.25) is 24.9 Å². The van der Waals surface area contributed by atoms with Crippen molar-refractivity contribution in [2.24, 2.45) is 0 Å². The van der Waals surface area contributed by atoms with Crippen LogP contribution in [-0.2, 0) is 6.54 Å². The molecular formula is C20H18BrN5O3S. The molecule has 2 N–H and O–H groups in total. The third kappa shape index (κ3) is 5.28. The Balaban J connectivity index is 1.66. The molecule has 1 amide bonds. The van der Waals surface area contributed by atoms with Crippen LogP contribution in [0.1, 0.15) is 27.0 Å². The predicted molar refractivity (Wildman–Crippen MR) is 122 cm³/mol. The van der Waals surface area contributed by atoms with Gasteiger partial charge in [0.05, 0.1) is 22.1 Å². The molecule has 0 bridgehead atoms. The maximum absolute atomic E-state index is 12.5. The van der Waals surface area contributed by atoms with Crippen molar-refractivity contribution in [3.63, 3.8) is 0 Å². The van der Waals surface area contributed by atoms with Crippen LogP contribution < -0.4 is 10.6 Å². The van der Waals surface area contributed by atoms with Crippen molar-refractivity contribution in [3.05, 3.63) is 85.6 Å². The zero-order valence-electron chi connectivity index (χ0n) is 16.2. The van der Waals surface area contributed by atoms with Gasteiger partial charge in [0, 0.05) is 17.8 Å². The normalized spacial score (nSPS) is 10.5. The van der Waals surface area contributed by atoms with Gasteiger partial charge in [-0.05, 0) is 70.8 Å². The second-order valence-electron chi connectivity index (χ2n) is 6.69. The molecular weight excluding hydrogens is 470 g/mol. The van der Waals surface area contributed by atoms with E-state index in [-0.39, 0.29) is 16.5 Å². The van der Waals surface area contributed by atoms with Gasteiger partial charge in [-0.25, -0.2) is 0 Å². The van der Waals surface area contributed by atoms with Gasteiger partial charge in [-0.15, -0.1) is 0 Å². The molecule has 0 fully saturated rings. The Morgan fingerprint density at radius 2 is 1.97 bits per heavy atom. The van der Waals surface area contributed by atoms with E-state index in [1.807, 2.05) is 18.3 Å². The number of hydrogen-bond acceptors (Lipinski definition) is 5. The molecule has 0 unspecified atom stereocenters. The molecule has 3 rings (SSSR count). The fourth-order valence-electron chi connectivity index (χ4n) is 2.95. The standard InChI is InChI=1S/C20H18BrN5O3S/c1-12-7-13(2)18(17(8-12)26(28)29)23-20(30)24-19(27)15-5-3-14(4-6-15)10-25-11-16(21)9-22-25/h3-9,11H,10H2,1-2H3,(H2,23,24,27,30). The maximum Gasteiger partial charge on any atom is 0.293 e. The van der Waals surface area contributed by atoms with Crippen molar-refractivity contribution in [2.45, 2.75) is 20.4 Å². The third-order valence-electron chi connectivity index (χ3n) is 4.28. The van der Waals surface area contributed by atoms with Crippen LogP contribution >= 0.6 is 28.1 Å². The van der Waals surface area contributed by atoms with E-state index in [1.165, 1.54) is 6.07 Å². The number of benzene rings is 2. The number of thiocarbonyl (C=S) groups is 1. The number of aryl methyl sites for hydroxylation is 2. The molecule has 0 radical (unpaired) electrons. The van der Waals surface area contributed by atoms with E-state index in [9.17, 15) is 14.9 Å². The Hall–Kier alpha value is -3.11. The highest BCUT2D eigenvalue weighted by Crippen LogP contribution is 2.29. The summed E-state index contributed by atoms with van der Waals surface area (Å²) in [7, 11) is 0. The van der Waals surface area contributed by atoms with E-state index < -0.39 is 10.8 Å². The number of hydrogen-bond donors (Lipinski definition) is 2. The fourth-order valence-corrected chi connectivity index (χ4v) is 3.47. The van der Waals surface area contributed by atoms with E-state index in [1.54, 1.807) is 42.9 Å². The van der Waals surface area contributed by atoms with Crippen molar-refractivity contribution < 1.29 is 9.72 Å². The van der Waals surface area contributed by atoms with Gasteiger partial charge in [0.2, 0.25) is 0 Å². The number of anilines is 1. The van der Waals surface area contributed by atoms with Gasteiger partial charge >= 0.3 is 0 Å². The predicted octanol–water partition coefficient (Wildman–Crippen LogP) is 4.35. The van der Waals surface area contributed by atoms with Gasteiger partial charge in [0.1, 0.15) is 5.69 Å².